The first-order valence-electron chi connectivity index (χ1n) is 6.14. The monoisotopic (exact) mass is 239 g/mol. The van der Waals surface area contributed by atoms with Crippen molar-refractivity contribution in [2.45, 2.75) is 45.2 Å². The molecule has 0 aliphatic heterocycles. The van der Waals surface area contributed by atoms with Crippen molar-refractivity contribution in [1.29, 1.82) is 0 Å². The molecule has 0 amide bonds. The highest BCUT2D eigenvalue weighted by Crippen LogP contribution is 2.35. The highest BCUT2D eigenvalue weighted by Gasteiger charge is 2.31. The van der Waals surface area contributed by atoms with Gasteiger partial charge in [0.05, 0.1) is 0 Å². The number of hydrogen-bond donors (Lipinski definition) is 2. The first-order valence-corrected chi connectivity index (χ1v) is 6.95. The van der Waals surface area contributed by atoms with E-state index in [0.29, 0.717) is 18.7 Å². The van der Waals surface area contributed by atoms with Gasteiger partial charge in [-0.3, -0.25) is 0 Å². The Labute approximate surface area is 102 Å². The molecule has 1 aromatic rings. The first-order chi connectivity index (χ1) is 7.70. The fourth-order valence-corrected chi connectivity index (χ4v) is 3.07. The predicted octanol–water partition coefficient (Wildman–Crippen LogP) is 2.87. The molecule has 2 unspecified atom stereocenters. The maximum Gasteiger partial charge on any atom is 0.0445 e. The Hall–Kier alpha value is -0.380. The van der Waals surface area contributed by atoms with Crippen LogP contribution in [0.25, 0.3) is 0 Å². The zero-order valence-electron chi connectivity index (χ0n) is 10.1. The van der Waals surface area contributed by atoms with Gasteiger partial charge in [0.25, 0.3) is 0 Å². The maximum absolute atomic E-state index is 9.06. The molecule has 1 heterocycles. The van der Waals surface area contributed by atoms with Crippen LogP contribution in [-0.2, 0) is 0 Å². The minimum Gasteiger partial charge on any atom is -0.396 e. The van der Waals surface area contributed by atoms with Gasteiger partial charge in [-0.15, -0.1) is 11.3 Å². The third-order valence-corrected chi connectivity index (χ3v) is 4.47. The van der Waals surface area contributed by atoms with E-state index in [2.05, 4.69) is 31.3 Å². The minimum absolute atomic E-state index is 0.296. The molecule has 1 aliphatic carbocycles. The van der Waals surface area contributed by atoms with Gasteiger partial charge < -0.3 is 10.4 Å². The van der Waals surface area contributed by atoms with E-state index in [-0.39, 0.29) is 0 Å². The topological polar surface area (TPSA) is 32.3 Å². The van der Waals surface area contributed by atoms with Gasteiger partial charge in [-0.1, -0.05) is 0 Å². The van der Waals surface area contributed by atoms with Gasteiger partial charge in [0.1, 0.15) is 0 Å². The quantitative estimate of drug-likeness (QED) is 0.800. The zero-order chi connectivity index (χ0) is 11.5. The van der Waals surface area contributed by atoms with E-state index < -0.39 is 0 Å². The van der Waals surface area contributed by atoms with Gasteiger partial charge in [0, 0.05) is 28.4 Å². The fourth-order valence-electron chi connectivity index (χ4n) is 2.18. The van der Waals surface area contributed by atoms with E-state index in [1.807, 2.05) is 11.3 Å². The van der Waals surface area contributed by atoms with Crippen LogP contribution in [0.5, 0.6) is 0 Å². The molecule has 16 heavy (non-hydrogen) atoms. The average Bonchev–Trinajstić information content (AvgIpc) is 3.00. The van der Waals surface area contributed by atoms with Crippen LogP contribution < -0.4 is 5.32 Å². The van der Waals surface area contributed by atoms with Crippen LogP contribution in [0.15, 0.2) is 12.1 Å². The van der Waals surface area contributed by atoms with Gasteiger partial charge in [0.2, 0.25) is 0 Å². The Morgan fingerprint density at radius 2 is 2.25 bits per heavy atom. The predicted molar refractivity (Wildman–Crippen MR) is 68.8 cm³/mol. The molecule has 2 nitrogen and oxygen atoms in total. The molecule has 1 fully saturated rings. The van der Waals surface area contributed by atoms with Crippen molar-refractivity contribution in [3.05, 3.63) is 21.9 Å². The number of hydrogen-bond acceptors (Lipinski definition) is 3. The van der Waals surface area contributed by atoms with E-state index in [1.165, 1.54) is 22.6 Å². The number of aliphatic hydroxyl groups is 1. The van der Waals surface area contributed by atoms with Gasteiger partial charge in [-0.05, 0) is 51.2 Å². The Kier molecular flexibility index (Phi) is 4.00. The van der Waals surface area contributed by atoms with Crippen molar-refractivity contribution < 1.29 is 5.11 Å². The number of nitrogens with one attached hydrogen (secondary N) is 1. The summed E-state index contributed by atoms with van der Waals surface area (Å²) in [4.78, 5) is 2.77. The van der Waals surface area contributed by atoms with Crippen molar-refractivity contribution in [2.24, 2.45) is 5.92 Å². The second-order valence-corrected chi connectivity index (χ2v) is 6.11. The SMILES string of the molecule is Cc1ccc(C(C)NC(CCO)C2CC2)s1. The van der Waals surface area contributed by atoms with E-state index >= 15 is 0 Å². The molecule has 0 bridgehead atoms. The lowest BCUT2D eigenvalue weighted by Crippen LogP contribution is -2.33. The van der Waals surface area contributed by atoms with E-state index in [1.54, 1.807) is 0 Å². The Morgan fingerprint density at radius 1 is 1.50 bits per heavy atom. The summed E-state index contributed by atoms with van der Waals surface area (Å²) in [6.07, 6.45) is 3.54. The van der Waals surface area contributed by atoms with Crippen LogP contribution in [0.1, 0.15) is 42.0 Å². The first kappa shape index (κ1) is 12.1. The van der Waals surface area contributed by atoms with Crippen LogP contribution in [0.3, 0.4) is 0 Å². The fraction of sp³-hybridized carbons (Fsp3) is 0.692. The molecule has 1 aromatic heterocycles. The highest BCUT2D eigenvalue weighted by atomic mass is 32.1. The second-order valence-electron chi connectivity index (χ2n) is 4.79. The molecule has 1 aliphatic rings. The third kappa shape index (κ3) is 3.06. The van der Waals surface area contributed by atoms with Crippen molar-refractivity contribution in [3.63, 3.8) is 0 Å². The minimum atomic E-state index is 0.296. The molecule has 0 saturated heterocycles. The molecule has 2 atom stereocenters. The van der Waals surface area contributed by atoms with Crippen LogP contribution in [0.4, 0.5) is 0 Å². The Balaban J connectivity index is 1.91. The summed E-state index contributed by atoms with van der Waals surface area (Å²) in [5.41, 5.74) is 0. The lowest BCUT2D eigenvalue weighted by Gasteiger charge is -2.22. The molecular formula is C13H21NOS. The van der Waals surface area contributed by atoms with E-state index in [9.17, 15) is 0 Å². The number of thiophene rings is 1. The summed E-state index contributed by atoms with van der Waals surface area (Å²) in [6, 6.07) is 5.30. The summed E-state index contributed by atoms with van der Waals surface area (Å²) < 4.78 is 0. The molecule has 1 saturated carbocycles. The summed E-state index contributed by atoms with van der Waals surface area (Å²) in [6.45, 7) is 4.66. The van der Waals surface area contributed by atoms with Crippen molar-refractivity contribution in [1.82, 2.24) is 5.32 Å². The van der Waals surface area contributed by atoms with Gasteiger partial charge in [-0.25, -0.2) is 0 Å². The molecule has 90 valence electrons. The largest absolute Gasteiger partial charge is 0.396 e. The summed E-state index contributed by atoms with van der Waals surface area (Å²) in [5, 5.41) is 12.7. The van der Waals surface area contributed by atoms with Crippen molar-refractivity contribution >= 4 is 11.3 Å². The van der Waals surface area contributed by atoms with E-state index in [0.717, 1.165) is 12.3 Å². The standard InChI is InChI=1S/C13H21NOS/c1-9-3-6-13(16-9)10(2)14-12(7-8-15)11-4-5-11/h3,6,10-12,14-15H,4-5,7-8H2,1-2H3. The summed E-state index contributed by atoms with van der Waals surface area (Å²) in [7, 11) is 0. The third-order valence-electron chi connectivity index (χ3n) is 3.28. The number of aliphatic hydroxyl groups excluding tert-OH is 1. The van der Waals surface area contributed by atoms with Crippen LogP contribution in [0, 0.1) is 12.8 Å². The van der Waals surface area contributed by atoms with E-state index in [4.69, 9.17) is 5.11 Å². The zero-order valence-corrected chi connectivity index (χ0v) is 10.9. The molecule has 0 aromatic carbocycles. The smallest absolute Gasteiger partial charge is 0.0445 e. The van der Waals surface area contributed by atoms with Crippen molar-refractivity contribution in [2.75, 3.05) is 6.61 Å². The molecular weight excluding hydrogens is 218 g/mol. The molecule has 3 heteroatoms. The summed E-state index contributed by atoms with van der Waals surface area (Å²) in [5.74, 6) is 0.802. The second kappa shape index (κ2) is 5.30. The Morgan fingerprint density at radius 3 is 2.75 bits per heavy atom. The van der Waals surface area contributed by atoms with Gasteiger partial charge in [0.15, 0.2) is 0 Å². The molecule has 2 N–H and O–H groups in total. The lowest BCUT2D eigenvalue weighted by molar-refractivity contribution is 0.250. The molecule has 0 radical (unpaired) electrons. The molecule has 0 spiro atoms. The van der Waals surface area contributed by atoms with Crippen LogP contribution in [-0.4, -0.2) is 17.8 Å². The summed E-state index contributed by atoms with van der Waals surface area (Å²) >= 11 is 1.86. The maximum atomic E-state index is 9.06. The average molecular weight is 239 g/mol. The van der Waals surface area contributed by atoms with Gasteiger partial charge in [-0.2, -0.15) is 0 Å². The number of aryl methyl sites for hydroxylation is 1. The molecule has 2 rings (SSSR count). The highest BCUT2D eigenvalue weighted by molar-refractivity contribution is 7.12. The van der Waals surface area contributed by atoms with Crippen LogP contribution in [0.2, 0.25) is 0 Å². The lowest BCUT2D eigenvalue weighted by atomic mass is 10.1. The van der Waals surface area contributed by atoms with Gasteiger partial charge >= 0.3 is 0 Å². The number of rotatable bonds is 6. The Bertz CT molecular complexity index is 332. The van der Waals surface area contributed by atoms with Crippen LogP contribution >= 0.6 is 11.3 Å². The van der Waals surface area contributed by atoms with Crippen molar-refractivity contribution in [3.8, 4) is 0 Å². The normalized spacial score (nSPS) is 19.7.